The first kappa shape index (κ1) is 16.5. The second kappa shape index (κ2) is 8.51. The van der Waals surface area contributed by atoms with Gasteiger partial charge in [0.2, 0.25) is 0 Å². The van der Waals surface area contributed by atoms with E-state index in [9.17, 15) is 5.11 Å². The summed E-state index contributed by atoms with van der Waals surface area (Å²) >= 11 is 0. The lowest BCUT2D eigenvalue weighted by molar-refractivity contribution is 0.172. The number of aliphatic hydroxyl groups excluding tert-OH is 1. The Morgan fingerprint density at radius 3 is 2.64 bits per heavy atom. The molecule has 1 heterocycles. The lowest BCUT2D eigenvalue weighted by atomic mass is 10.2. The van der Waals surface area contributed by atoms with Crippen LogP contribution in [0.15, 0.2) is 24.3 Å². The van der Waals surface area contributed by atoms with Crippen molar-refractivity contribution < 1.29 is 14.6 Å². The van der Waals surface area contributed by atoms with Crippen LogP contribution >= 0.6 is 0 Å². The average Bonchev–Trinajstić information content (AvgIpc) is 2.94. The van der Waals surface area contributed by atoms with Crippen molar-refractivity contribution in [2.24, 2.45) is 0 Å². The van der Waals surface area contributed by atoms with Gasteiger partial charge in [-0.2, -0.15) is 0 Å². The molecule has 0 atom stereocenters. The Morgan fingerprint density at radius 1 is 1.23 bits per heavy atom. The van der Waals surface area contributed by atoms with Crippen molar-refractivity contribution in [1.82, 2.24) is 15.0 Å². The van der Waals surface area contributed by atoms with Gasteiger partial charge in [-0.3, -0.25) is 0 Å². The molecule has 0 bridgehead atoms. The molecule has 6 nitrogen and oxygen atoms in total. The van der Waals surface area contributed by atoms with Crippen molar-refractivity contribution in [3.05, 3.63) is 41.2 Å². The number of rotatable bonds is 9. The van der Waals surface area contributed by atoms with Crippen LogP contribution in [0.5, 0.6) is 5.75 Å². The van der Waals surface area contributed by atoms with Gasteiger partial charge in [0.1, 0.15) is 11.4 Å². The molecule has 22 heavy (non-hydrogen) atoms. The Bertz CT molecular complexity index is 567. The summed E-state index contributed by atoms with van der Waals surface area (Å²) in [6.45, 7) is 3.68. The molecule has 0 aliphatic rings. The molecule has 0 saturated heterocycles. The molecule has 6 heteroatoms. The maximum Gasteiger partial charge on any atom is 0.119 e. The van der Waals surface area contributed by atoms with Gasteiger partial charge in [0.05, 0.1) is 25.5 Å². The Morgan fingerprint density at radius 2 is 2.00 bits per heavy atom. The van der Waals surface area contributed by atoms with Crippen molar-refractivity contribution in [2.75, 3.05) is 13.7 Å². The molecule has 0 aliphatic heterocycles. The van der Waals surface area contributed by atoms with Crippen molar-refractivity contribution >= 4 is 0 Å². The molecule has 0 spiro atoms. The first-order valence-corrected chi connectivity index (χ1v) is 7.51. The topological polar surface area (TPSA) is 69.4 Å². The van der Waals surface area contributed by atoms with E-state index in [-0.39, 0.29) is 6.61 Å². The highest BCUT2D eigenvalue weighted by Crippen LogP contribution is 2.13. The third kappa shape index (κ3) is 4.29. The molecule has 1 N–H and O–H groups in total. The highest BCUT2D eigenvalue weighted by Gasteiger charge is 2.11. The van der Waals surface area contributed by atoms with E-state index in [2.05, 4.69) is 29.4 Å². The van der Waals surface area contributed by atoms with Gasteiger partial charge >= 0.3 is 0 Å². The number of aryl methyl sites for hydroxylation is 2. The Labute approximate surface area is 130 Å². The minimum Gasteiger partial charge on any atom is -0.494 e. The SMILES string of the molecule is CCc1ccc(OCCCn2nnc(CO)c2COC)cc1. The summed E-state index contributed by atoms with van der Waals surface area (Å²) in [4.78, 5) is 0. The Kier molecular flexibility index (Phi) is 6.36. The number of methoxy groups -OCH3 is 1. The molecular weight excluding hydrogens is 282 g/mol. The summed E-state index contributed by atoms with van der Waals surface area (Å²) in [7, 11) is 1.61. The number of aromatic nitrogens is 3. The second-order valence-electron chi connectivity index (χ2n) is 5.00. The van der Waals surface area contributed by atoms with Crippen molar-refractivity contribution in [2.45, 2.75) is 39.5 Å². The largest absolute Gasteiger partial charge is 0.494 e. The second-order valence-corrected chi connectivity index (χ2v) is 5.00. The Balaban J connectivity index is 1.82. The predicted octanol–water partition coefficient (Wildman–Crippen LogP) is 1.95. The van der Waals surface area contributed by atoms with Crippen LogP contribution in [-0.4, -0.2) is 33.8 Å². The molecule has 2 aromatic rings. The Hall–Kier alpha value is -1.92. The van der Waals surface area contributed by atoms with E-state index < -0.39 is 0 Å². The summed E-state index contributed by atoms with van der Waals surface area (Å²) in [5, 5.41) is 17.2. The fourth-order valence-electron chi connectivity index (χ4n) is 2.19. The first-order valence-electron chi connectivity index (χ1n) is 7.51. The van der Waals surface area contributed by atoms with Gasteiger partial charge < -0.3 is 14.6 Å². The van der Waals surface area contributed by atoms with Crippen LogP contribution in [0.3, 0.4) is 0 Å². The van der Waals surface area contributed by atoms with Gasteiger partial charge in [-0.1, -0.05) is 24.3 Å². The minimum absolute atomic E-state index is 0.126. The van der Waals surface area contributed by atoms with E-state index in [0.717, 1.165) is 24.3 Å². The van der Waals surface area contributed by atoms with Gasteiger partial charge in [0, 0.05) is 20.1 Å². The standard InChI is InChI=1S/C16H23N3O3/c1-3-13-5-7-14(8-6-13)22-10-4-9-19-16(12-21-2)15(11-20)17-18-19/h5-8,20H,3-4,9-12H2,1-2H3. The van der Waals surface area contributed by atoms with E-state index >= 15 is 0 Å². The van der Waals surface area contributed by atoms with Crippen molar-refractivity contribution in [3.8, 4) is 5.75 Å². The maximum absolute atomic E-state index is 9.23. The zero-order valence-corrected chi connectivity index (χ0v) is 13.2. The summed E-state index contributed by atoms with van der Waals surface area (Å²) in [6, 6.07) is 8.15. The lowest BCUT2D eigenvalue weighted by Gasteiger charge is -2.09. The molecule has 0 radical (unpaired) electrons. The number of ether oxygens (including phenoxy) is 2. The third-order valence-corrected chi connectivity index (χ3v) is 3.46. The fraction of sp³-hybridized carbons (Fsp3) is 0.500. The van der Waals surface area contributed by atoms with Crippen LogP contribution in [0, 0.1) is 0 Å². The molecule has 120 valence electrons. The molecule has 0 fully saturated rings. The van der Waals surface area contributed by atoms with Crippen LogP contribution in [-0.2, 0) is 30.9 Å². The number of benzene rings is 1. The van der Waals surface area contributed by atoms with Gasteiger partial charge in [-0.05, 0) is 24.1 Å². The van der Waals surface area contributed by atoms with Gasteiger partial charge in [-0.15, -0.1) is 5.10 Å². The number of aliphatic hydroxyl groups is 1. The number of hydrogen-bond acceptors (Lipinski definition) is 5. The predicted molar refractivity (Wildman–Crippen MR) is 82.6 cm³/mol. The number of hydrogen-bond donors (Lipinski definition) is 1. The van der Waals surface area contributed by atoms with Crippen LogP contribution < -0.4 is 4.74 Å². The van der Waals surface area contributed by atoms with Gasteiger partial charge in [-0.25, -0.2) is 4.68 Å². The summed E-state index contributed by atoms with van der Waals surface area (Å²) in [5.41, 5.74) is 2.69. The first-order chi connectivity index (χ1) is 10.8. The highest BCUT2D eigenvalue weighted by atomic mass is 16.5. The molecule has 0 saturated carbocycles. The molecule has 1 aromatic carbocycles. The molecule has 0 amide bonds. The maximum atomic E-state index is 9.23. The van der Waals surface area contributed by atoms with Crippen molar-refractivity contribution in [3.63, 3.8) is 0 Å². The van der Waals surface area contributed by atoms with Crippen LogP contribution in [0.1, 0.15) is 30.3 Å². The quantitative estimate of drug-likeness (QED) is 0.717. The van der Waals surface area contributed by atoms with E-state index in [4.69, 9.17) is 9.47 Å². The zero-order valence-electron chi connectivity index (χ0n) is 13.2. The van der Waals surface area contributed by atoms with E-state index in [1.54, 1.807) is 11.8 Å². The third-order valence-electron chi connectivity index (χ3n) is 3.46. The van der Waals surface area contributed by atoms with Crippen LogP contribution in [0.4, 0.5) is 0 Å². The van der Waals surface area contributed by atoms with Crippen LogP contribution in [0.2, 0.25) is 0 Å². The molecule has 2 rings (SSSR count). The van der Waals surface area contributed by atoms with E-state index in [1.165, 1.54) is 5.56 Å². The van der Waals surface area contributed by atoms with E-state index in [1.807, 2.05) is 12.1 Å². The normalized spacial score (nSPS) is 10.9. The molecular formula is C16H23N3O3. The average molecular weight is 305 g/mol. The van der Waals surface area contributed by atoms with E-state index in [0.29, 0.717) is 25.5 Å². The van der Waals surface area contributed by atoms with Gasteiger partial charge in [0.15, 0.2) is 0 Å². The fourth-order valence-corrected chi connectivity index (χ4v) is 2.19. The van der Waals surface area contributed by atoms with Crippen molar-refractivity contribution in [1.29, 1.82) is 0 Å². The molecule has 0 aliphatic carbocycles. The highest BCUT2D eigenvalue weighted by molar-refractivity contribution is 5.27. The summed E-state index contributed by atoms with van der Waals surface area (Å²) in [6.07, 6.45) is 1.84. The summed E-state index contributed by atoms with van der Waals surface area (Å²) < 4.78 is 12.6. The van der Waals surface area contributed by atoms with Crippen LogP contribution in [0.25, 0.3) is 0 Å². The molecule has 1 aromatic heterocycles. The zero-order chi connectivity index (χ0) is 15.8. The smallest absolute Gasteiger partial charge is 0.119 e. The number of nitrogens with zero attached hydrogens (tertiary/aromatic N) is 3. The lowest BCUT2D eigenvalue weighted by Crippen LogP contribution is -2.10. The summed E-state index contributed by atoms with van der Waals surface area (Å²) in [5.74, 6) is 0.879. The minimum atomic E-state index is -0.126. The van der Waals surface area contributed by atoms with Gasteiger partial charge in [0.25, 0.3) is 0 Å². The molecule has 0 unspecified atom stereocenters. The monoisotopic (exact) mass is 305 g/mol.